The number of pyridine rings is 2. The minimum Gasteiger partial charge on any atom is -0.358 e. The van der Waals surface area contributed by atoms with Crippen molar-refractivity contribution in [3.63, 3.8) is 0 Å². The maximum absolute atomic E-state index is 5.33. The normalized spacial score (nSPS) is 17.4. The predicted octanol–water partition coefficient (Wildman–Crippen LogP) is 3.34. The van der Waals surface area contributed by atoms with Crippen molar-refractivity contribution in [1.29, 1.82) is 0 Å². The van der Waals surface area contributed by atoms with Crippen molar-refractivity contribution in [3.05, 3.63) is 48.4 Å². The molecule has 0 saturated carbocycles. The highest BCUT2D eigenvalue weighted by Crippen LogP contribution is 2.23. The molecule has 1 fully saturated rings. The second-order valence-corrected chi connectivity index (χ2v) is 6.52. The van der Waals surface area contributed by atoms with Crippen molar-refractivity contribution in [3.8, 4) is 0 Å². The van der Waals surface area contributed by atoms with Crippen molar-refractivity contribution in [2.45, 2.75) is 38.8 Å². The summed E-state index contributed by atoms with van der Waals surface area (Å²) in [5.74, 6) is 1.04. The van der Waals surface area contributed by atoms with Crippen LogP contribution >= 0.6 is 12.2 Å². The third-order valence-corrected chi connectivity index (χ3v) is 4.53. The van der Waals surface area contributed by atoms with Crippen LogP contribution in [0.2, 0.25) is 0 Å². The van der Waals surface area contributed by atoms with Gasteiger partial charge >= 0.3 is 0 Å². The molecule has 1 saturated heterocycles. The molecule has 2 N–H and O–H groups in total. The average Bonchev–Trinajstić information content (AvgIpc) is 2.62. The monoisotopic (exact) mass is 341 g/mol. The van der Waals surface area contributed by atoms with E-state index in [2.05, 4.69) is 38.5 Å². The van der Waals surface area contributed by atoms with Gasteiger partial charge in [0.25, 0.3) is 0 Å². The molecule has 6 heteroatoms. The Morgan fingerprint density at radius 2 is 2.21 bits per heavy atom. The van der Waals surface area contributed by atoms with Crippen molar-refractivity contribution >= 4 is 28.8 Å². The molecule has 0 unspecified atom stereocenters. The zero-order chi connectivity index (χ0) is 16.8. The van der Waals surface area contributed by atoms with Crippen molar-refractivity contribution < 1.29 is 0 Å². The van der Waals surface area contributed by atoms with Crippen LogP contribution in [0.15, 0.2) is 42.9 Å². The molecule has 1 atom stereocenters. The average molecular weight is 341 g/mol. The molecule has 0 aliphatic carbocycles. The highest BCUT2D eigenvalue weighted by Gasteiger charge is 2.19. The van der Waals surface area contributed by atoms with E-state index in [-0.39, 0.29) is 0 Å². The summed E-state index contributed by atoms with van der Waals surface area (Å²) in [4.78, 5) is 11.1. The van der Waals surface area contributed by atoms with Crippen molar-refractivity contribution in [1.82, 2.24) is 15.3 Å². The third kappa shape index (κ3) is 4.41. The molecule has 126 valence electrons. The number of hydrogen-bond acceptors (Lipinski definition) is 4. The Kier molecular flexibility index (Phi) is 5.59. The molecular formula is C18H23N5S. The summed E-state index contributed by atoms with van der Waals surface area (Å²) < 4.78 is 0. The molecule has 24 heavy (non-hydrogen) atoms. The number of aromatic nitrogens is 2. The van der Waals surface area contributed by atoms with Gasteiger partial charge in [0.05, 0.1) is 11.9 Å². The Hall–Kier alpha value is -2.21. The molecule has 0 spiro atoms. The first-order chi connectivity index (χ1) is 11.7. The number of thiocarbonyl (C=S) groups is 1. The van der Waals surface area contributed by atoms with Crippen LogP contribution in [0.5, 0.6) is 0 Å². The smallest absolute Gasteiger partial charge is 0.171 e. The van der Waals surface area contributed by atoms with E-state index in [1.807, 2.05) is 30.6 Å². The van der Waals surface area contributed by atoms with Gasteiger partial charge < -0.3 is 15.5 Å². The summed E-state index contributed by atoms with van der Waals surface area (Å²) in [5, 5.41) is 6.93. The van der Waals surface area contributed by atoms with Crippen molar-refractivity contribution in [2.24, 2.45) is 0 Å². The highest BCUT2D eigenvalue weighted by molar-refractivity contribution is 7.80. The van der Waals surface area contributed by atoms with Gasteiger partial charge in [-0.2, -0.15) is 0 Å². The van der Waals surface area contributed by atoms with Gasteiger partial charge in [-0.05, 0) is 62.2 Å². The van der Waals surface area contributed by atoms with Crippen LogP contribution in [0.4, 0.5) is 11.5 Å². The van der Waals surface area contributed by atoms with Gasteiger partial charge in [0, 0.05) is 31.5 Å². The fourth-order valence-corrected chi connectivity index (χ4v) is 3.12. The number of nitrogens with one attached hydrogen (secondary N) is 2. The lowest BCUT2D eigenvalue weighted by Crippen LogP contribution is -2.37. The van der Waals surface area contributed by atoms with Crippen LogP contribution in [0.3, 0.4) is 0 Å². The largest absolute Gasteiger partial charge is 0.358 e. The summed E-state index contributed by atoms with van der Waals surface area (Å²) in [6.45, 7) is 4.01. The second kappa shape index (κ2) is 8.06. The minimum atomic E-state index is 0.562. The first-order valence-corrected chi connectivity index (χ1v) is 8.79. The molecule has 2 aromatic heterocycles. The molecule has 3 heterocycles. The number of rotatable bonds is 4. The first-order valence-electron chi connectivity index (χ1n) is 8.39. The van der Waals surface area contributed by atoms with Crippen LogP contribution < -0.4 is 15.5 Å². The van der Waals surface area contributed by atoms with E-state index in [1.54, 1.807) is 6.20 Å². The van der Waals surface area contributed by atoms with E-state index in [0.717, 1.165) is 23.6 Å². The van der Waals surface area contributed by atoms with Gasteiger partial charge in [0.1, 0.15) is 5.82 Å². The number of nitrogens with zero attached hydrogens (tertiary/aromatic N) is 3. The molecule has 1 aliphatic rings. The van der Waals surface area contributed by atoms with Crippen LogP contribution in [0, 0.1) is 0 Å². The van der Waals surface area contributed by atoms with Crippen LogP contribution in [0.25, 0.3) is 0 Å². The summed E-state index contributed by atoms with van der Waals surface area (Å²) in [5.41, 5.74) is 1.99. The number of piperidine rings is 1. The molecule has 5 nitrogen and oxygen atoms in total. The maximum Gasteiger partial charge on any atom is 0.171 e. The van der Waals surface area contributed by atoms with Gasteiger partial charge in [-0.25, -0.2) is 4.98 Å². The molecule has 0 radical (unpaired) electrons. The summed E-state index contributed by atoms with van der Waals surface area (Å²) >= 11 is 5.33. The second-order valence-electron chi connectivity index (χ2n) is 6.11. The SMILES string of the molecule is C[C@@H]1CCCCN1c1ccc(NC(=S)NCc2cccnc2)cn1. The molecule has 0 amide bonds. The van der Waals surface area contributed by atoms with Gasteiger partial charge in [-0.3, -0.25) is 4.98 Å². The topological polar surface area (TPSA) is 53.1 Å². The predicted molar refractivity (Wildman–Crippen MR) is 102 cm³/mol. The molecule has 2 aromatic rings. The van der Waals surface area contributed by atoms with E-state index in [0.29, 0.717) is 17.7 Å². The standard InChI is InChI=1S/C18H23N5S/c1-14-5-2-3-10-23(14)17-8-7-16(13-20-17)22-18(24)21-12-15-6-4-9-19-11-15/h4,6-9,11,13-14H,2-3,5,10,12H2,1H3,(H2,21,22,24)/t14-/m1/s1. The van der Waals surface area contributed by atoms with E-state index in [1.165, 1.54) is 19.3 Å². The minimum absolute atomic E-state index is 0.562. The summed E-state index contributed by atoms with van der Waals surface area (Å²) in [6, 6.07) is 8.58. The fourth-order valence-electron chi connectivity index (χ4n) is 2.93. The van der Waals surface area contributed by atoms with Crippen LogP contribution in [-0.2, 0) is 6.54 Å². The van der Waals surface area contributed by atoms with Gasteiger partial charge in [0.2, 0.25) is 0 Å². The number of hydrogen-bond donors (Lipinski definition) is 2. The third-order valence-electron chi connectivity index (χ3n) is 4.28. The lowest BCUT2D eigenvalue weighted by molar-refractivity contribution is 0.481. The zero-order valence-corrected chi connectivity index (χ0v) is 14.7. The van der Waals surface area contributed by atoms with Crippen LogP contribution in [0.1, 0.15) is 31.7 Å². The zero-order valence-electron chi connectivity index (χ0n) is 13.9. The van der Waals surface area contributed by atoms with Gasteiger partial charge in [-0.1, -0.05) is 6.07 Å². The Bertz CT molecular complexity index is 659. The van der Waals surface area contributed by atoms with Gasteiger partial charge in [-0.15, -0.1) is 0 Å². The quantitative estimate of drug-likeness (QED) is 0.832. The summed E-state index contributed by atoms with van der Waals surface area (Å²) in [7, 11) is 0. The molecule has 3 rings (SSSR count). The van der Waals surface area contributed by atoms with Crippen molar-refractivity contribution in [2.75, 3.05) is 16.8 Å². The van der Waals surface area contributed by atoms with E-state index in [9.17, 15) is 0 Å². The summed E-state index contributed by atoms with van der Waals surface area (Å²) in [6.07, 6.45) is 9.23. The van der Waals surface area contributed by atoms with E-state index in [4.69, 9.17) is 12.2 Å². The first kappa shape index (κ1) is 16.6. The number of anilines is 2. The Morgan fingerprint density at radius 3 is 2.92 bits per heavy atom. The van der Waals surface area contributed by atoms with E-state index >= 15 is 0 Å². The molecule has 1 aliphatic heterocycles. The van der Waals surface area contributed by atoms with E-state index < -0.39 is 0 Å². The van der Waals surface area contributed by atoms with Crippen LogP contribution in [-0.4, -0.2) is 27.7 Å². The molecule has 0 aromatic carbocycles. The maximum atomic E-state index is 5.33. The lowest BCUT2D eigenvalue weighted by Gasteiger charge is -2.34. The molecule has 0 bridgehead atoms. The Labute approximate surface area is 148 Å². The Morgan fingerprint density at radius 1 is 1.29 bits per heavy atom. The highest BCUT2D eigenvalue weighted by atomic mass is 32.1. The fraction of sp³-hybridized carbons (Fsp3) is 0.389. The molecular weight excluding hydrogens is 318 g/mol. The Balaban J connectivity index is 1.53. The van der Waals surface area contributed by atoms with Gasteiger partial charge in [0.15, 0.2) is 5.11 Å². The lowest BCUT2D eigenvalue weighted by atomic mass is 10.0.